The number of carbonyl (C=O) groups is 2. The lowest BCUT2D eigenvalue weighted by Gasteiger charge is -2.24. The Morgan fingerprint density at radius 3 is 2.47 bits per heavy atom. The molecular formula is C27H27FN2O6. The van der Waals surface area contributed by atoms with Crippen molar-refractivity contribution in [1.82, 2.24) is 5.16 Å². The van der Waals surface area contributed by atoms with Crippen molar-refractivity contribution < 1.29 is 33.1 Å². The average Bonchev–Trinajstić information content (AvgIpc) is 3.39. The first kappa shape index (κ1) is 25.0. The van der Waals surface area contributed by atoms with Crippen LogP contribution in [0.3, 0.4) is 0 Å². The van der Waals surface area contributed by atoms with Crippen molar-refractivity contribution >= 4 is 23.3 Å². The molecule has 1 fully saturated rings. The van der Waals surface area contributed by atoms with Crippen LogP contribution in [0.5, 0.6) is 11.5 Å². The van der Waals surface area contributed by atoms with Gasteiger partial charge in [0.1, 0.15) is 17.3 Å². The predicted molar refractivity (Wildman–Crippen MR) is 130 cm³/mol. The highest BCUT2D eigenvalue weighted by molar-refractivity contribution is 6.51. The summed E-state index contributed by atoms with van der Waals surface area (Å²) in [5.41, 5.74) is 0.505. The Labute approximate surface area is 207 Å². The Kier molecular flexibility index (Phi) is 7.10. The molecule has 0 bridgehead atoms. The quantitative estimate of drug-likeness (QED) is 0.261. The van der Waals surface area contributed by atoms with E-state index >= 15 is 0 Å². The fourth-order valence-corrected chi connectivity index (χ4v) is 3.99. The minimum Gasteiger partial charge on any atom is -0.507 e. The summed E-state index contributed by atoms with van der Waals surface area (Å²) >= 11 is 0. The van der Waals surface area contributed by atoms with Crippen LogP contribution in [-0.2, 0) is 9.59 Å². The van der Waals surface area contributed by atoms with E-state index in [1.807, 2.05) is 0 Å². The lowest BCUT2D eigenvalue weighted by Crippen LogP contribution is -2.29. The molecule has 1 saturated heterocycles. The average molecular weight is 495 g/mol. The third-order valence-corrected chi connectivity index (χ3v) is 5.88. The van der Waals surface area contributed by atoms with E-state index in [1.165, 1.54) is 30.2 Å². The molecule has 1 aromatic heterocycles. The number of rotatable bonds is 8. The number of aromatic nitrogens is 1. The third-order valence-electron chi connectivity index (χ3n) is 5.88. The van der Waals surface area contributed by atoms with E-state index in [9.17, 15) is 19.1 Å². The molecule has 1 atom stereocenters. The molecular weight excluding hydrogens is 467 g/mol. The SMILES string of the molecule is COc1cc([C@H]2C(=C(O)c3ccc(F)cc3)C(=O)C(=O)N2c2cc(C)on2)ccc1OCCC(C)C. The molecule has 0 radical (unpaired) electrons. The fourth-order valence-electron chi connectivity index (χ4n) is 3.99. The van der Waals surface area contributed by atoms with Crippen LogP contribution < -0.4 is 14.4 Å². The van der Waals surface area contributed by atoms with Crippen LogP contribution in [0.25, 0.3) is 5.76 Å². The second kappa shape index (κ2) is 10.2. The summed E-state index contributed by atoms with van der Waals surface area (Å²) in [6.07, 6.45) is 0.855. The Balaban J connectivity index is 1.84. The van der Waals surface area contributed by atoms with Crippen molar-refractivity contribution in [3.63, 3.8) is 0 Å². The third kappa shape index (κ3) is 4.82. The second-order valence-electron chi connectivity index (χ2n) is 8.91. The topological polar surface area (TPSA) is 102 Å². The molecule has 1 aliphatic heterocycles. The van der Waals surface area contributed by atoms with Gasteiger partial charge in [0.2, 0.25) is 0 Å². The Hall–Kier alpha value is -4.14. The molecule has 1 amide bonds. The Morgan fingerprint density at radius 1 is 1.14 bits per heavy atom. The maximum atomic E-state index is 13.5. The lowest BCUT2D eigenvalue weighted by atomic mass is 9.95. The summed E-state index contributed by atoms with van der Waals surface area (Å²) < 4.78 is 30.0. The number of aryl methyl sites for hydroxylation is 1. The second-order valence-corrected chi connectivity index (χ2v) is 8.91. The lowest BCUT2D eigenvalue weighted by molar-refractivity contribution is -0.132. The number of methoxy groups -OCH3 is 1. The number of carbonyl (C=O) groups excluding carboxylic acids is 2. The van der Waals surface area contributed by atoms with Gasteiger partial charge in [-0.1, -0.05) is 25.1 Å². The molecule has 8 nitrogen and oxygen atoms in total. The van der Waals surface area contributed by atoms with E-state index in [0.29, 0.717) is 35.3 Å². The summed E-state index contributed by atoms with van der Waals surface area (Å²) in [4.78, 5) is 27.5. The number of amides is 1. The van der Waals surface area contributed by atoms with Crippen molar-refractivity contribution in [2.45, 2.75) is 33.2 Å². The van der Waals surface area contributed by atoms with E-state index in [1.54, 1.807) is 25.1 Å². The number of ether oxygens (including phenoxy) is 2. The standard InChI is InChI=1S/C27H27FN2O6/c1-15(2)11-12-35-20-10-7-18(14-21(20)34-4)24-23(25(31)17-5-8-19(28)9-6-17)26(32)27(33)30(24)22-13-16(3)36-29-22/h5-10,13-15,24,31H,11-12H2,1-4H3/t24-/m0/s1. The van der Waals surface area contributed by atoms with Gasteiger partial charge >= 0.3 is 5.91 Å². The first-order valence-corrected chi connectivity index (χ1v) is 11.5. The number of hydrogen-bond donors (Lipinski definition) is 1. The molecule has 1 aliphatic rings. The van der Waals surface area contributed by atoms with Crippen LogP contribution in [0, 0.1) is 18.7 Å². The van der Waals surface area contributed by atoms with Crippen LogP contribution in [0.4, 0.5) is 10.2 Å². The summed E-state index contributed by atoms with van der Waals surface area (Å²) in [5.74, 6) is -0.782. The summed E-state index contributed by atoms with van der Waals surface area (Å²) in [6, 6.07) is 10.5. The number of Topliss-reactive ketones (excluding diaryl/α,β-unsaturated/α-hetero) is 1. The molecule has 36 heavy (non-hydrogen) atoms. The molecule has 188 valence electrons. The normalized spacial score (nSPS) is 17.2. The van der Waals surface area contributed by atoms with Crippen LogP contribution in [0.1, 0.15) is 43.2 Å². The maximum absolute atomic E-state index is 13.5. The van der Waals surface area contributed by atoms with Crippen molar-refractivity contribution in [2.24, 2.45) is 5.92 Å². The van der Waals surface area contributed by atoms with Gasteiger partial charge in [0.05, 0.1) is 25.3 Å². The fraction of sp³-hybridized carbons (Fsp3) is 0.296. The molecule has 2 aromatic carbocycles. The van der Waals surface area contributed by atoms with Crippen LogP contribution >= 0.6 is 0 Å². The zero-order chi connectivity index (χ0) is 26.0. The summed E-state index contributed by atoms with van der Waals surface area (Å²) in [5, 5.41) is 15.0. The van der Waals surface area contributed by atoms with Gasteiger partial charge in [-0.25, -0.2) is 4.39 Å². The van der Waals surface area contributed by atoms with Gasteiger partial charge in [-0.15, -0.1) is 0 Å². The monoisotopic (exact) mass is 494 g/mol. The summed E-state index contributed by atoms with van der Waals surface area (Å²) in [6.45, 7) is 6.35. The number of hydrogen-bond acceptors (Lipinski definition) is 7. The zero-order valence-electron chi connectivity index (χ0n) is 20.4. The minimum absolute atomic E-state index is 0.119. The van der Waals surface area contributed by atoms with E-state index in [2.05, 4.69) is 19.0 Å². The molecule has 0 saturated carbocycles. The van der Waals surface area contributed by atoms with Gasteiger partial charge in [-0.3, -0.25) is 14.5 Å². The van der Waals surface area contributed by atoms with E-state index < -0.39 is 29.3 Å². The van der Waals surface area contributed by atoms with E-state index in [0.717, 1.165) is 18.6 Å². The zero-order valence-corrected chi connectivity index (χ0v) is 20.4. The molecule has 0 aliphatic carbocycles. The highest BCUT2D eigenvalue weighted by Crippen LogP contribution is 2.44. The molecule has 2 heterocycles. The summed E-state index contributed by atoms with van der Waals surface area (Å²) in [7, 11) is 1.49. The van der Waals surface area contributed by atoms with Gasteiger partial charge in [0, 0.05) is 11.6 Å². The highest BCUT2D eigenvalue weighted by atomic mass is 19.1. The molecule has 0 unspecified atom stereocenters. The number of benzene rings is 2. The van der Waals surface area contributed by atoms with Gasteiger partial charge in [-0.05, 0) is 61.2 Å². The van der Waals surface area contributed by atoms with Gasteiger partial charge in [0.25, 0.3) is 5.78 Å². The first-order valence-electron chi connectivity index (χ1n) is 11.5. The minimum atomic E-state index is -1.04. The van der Waals surface area contributed by atoms with Gasteiger partial charge in [0.15, 0.2) is 17.3 Å². The van der Waals surface area contributed by atoms with Crippen molar-refractivity contribution in [2.75, 3.05) is 18.6 Å². The molecule has 1 N–H and O–H groups in total. The molecule has 9 heteroatoms. The van der Waals surface area contributed by atoms with Crippen LogP contribution in [-0.4, -0.2) is 35.7 Å². The van der Waals surface area contributed by atoms with Gasteiger partial charge < -0.3 is 19.1 Å². The Bertz CT molecular complexity index is 1310. The van der Waals surface area contributed by atoms with Crippen molar-refractivity contribution in [3.8, 4) is 11.5 Å². The number of aliphatic hydroxyl groups is 1. The van der Waals surface area contributed by atoms with Gasteiger partial charge in [-0.2, -0.15) is 0 Å². The molecule has 4 rings (SSSR count). The first-order chi connectivity index (χ1) is 17.2. The molecule has 0 spiro atoms. The number of halogens is 1. The predicted octanol–water partition coefficient (Wildman–Crippen LogP) is 5.18. The van der Waals surface area contributed by atoms with E-state index in [4.69, 9.17) is 14.0 Å². The largest absolute Gasteiger partial charge is 0.507 e. The number of aliphatic hydroxyl groups excluding tert-OH is 1. The Morgan fingerprint density at radius 2 is 1.86 bits per heavy atom. The number of ketones is 1. The van der Waals surface area contributed by atoms with Crippen LogP contribution in [0.2, 0.25) is 0 Å². The number of anilines is 1. The van der Waals surface area contributed by atoms with Crippen molar-refractivity contribution in [3.05, 3.63) is 76.8 Å². The van der Waals surface area contributed by atoms with Crippen molar-refractivity contribution in [1.29, 1.82) is 0 Å². The number of nitrogens with zero attached hydrogens (tertiary/aromatic N) is 2. The molecule has 3 aromatic rings. The smallest absolute Gasteiger partial charge is 0.301 e. The van der Waals surface area contributed by atoms with Crippen LogP contribution in [0.15, 0.2) is 58.6 Å². The van der Waals surface area contributed by atoms with E-state index in [-0.39, 0.29) is 17.0 Å². The highest BCUT2D eigenvalue weighted by Gasteiger charge is 2.48. The maximum Gasteiger partial charge on any atom is 0.301 e.